The van der Waals surface area contributed by atoms with Gasteiger partial charge in [0.25, 0.3) is 5.91 Å². The van der Waals surface area contributed by atoms with E-state index in [0.717, 1.165) is 17.5 Å². The van der Waals surface area contributed by atoms with E-state index in [9.17, 15) is 18.0 Å². The zero-order chi connectivity index (χ0) is 20.1. The average molecular weight is 434 g/mol. The second-order valence-electron chi connectivity index (χ2n) is 6.96. The molecule has 150 valence electrons. The standard InChI is InChI=1S/C18H16Cl2F3N3O2/c19-11-3-4-14(12(20)7-11)28-9-17(27)25-13(10-1-2-10)8-15(18(21,22)23)26-16(25)5-6-24-26/h3-7,10,13,15H,1-2,8-9H2/t13-,15+/m0/s1. The first kappa shape index (κ1) is 19.4. The average Bonchev–Trinajstić information content (AvgIpc) is 3.35. The minimum absolute atomic E-state index is 0.0524. The minimum atomic E-state index is -4.43. The largest absolute Gasteiger partial charge is 0.482 e. The van der Waals surface area contributed by atoms with Gasteiger partial charge in [-0.1, -0.05) is 23.2 Å². The van der Waals surface area contributed by atoms with Crippen LogP contribution in [0.2, 0.25) is 10.0 Å². The molecule has 1 aromatic heterocycles. The van der Waals surface area contributed by atoms with Crippen molar-refractivity contribution in [1.82, 2.24) is 9.78 Å². The van der Waals surface area contributed by atoms with Gasteiger partial charge in [0.2, 0.25) is 0 Å². The van der Waals surface area contributed by atoms with Gasteiger partial charge in [-0.25, -0.2) is 4.68 Å². The van der Waals surface area contributed by atoms with Crippen LogP contribution in [0.3, 0.4) is 0 Å². The van der Waals surface area contributed by atoms with Crippen molar-refractivity contribution in [2.45, 2.75) is 37.5 Å². The molecule has 1 aliphatic carbocycles. The van der Waals surface area contributed by atoms with Gasteiger partial charge in [0.15, 0.2) is 12.6 Å². The second-order valence-corrected chi connectivity index (χ2v) is 7.80. The van der Waals surface area contributed by atoms with E-state index in [1.54, 1.807) is 6.07 Å². The number of carbonyl (C=O) groups is 1. The van der Waals surface area contributed by atoms with Gasteiger partial charge in [-0.15, -0.1) is 0 Å². The number of hydrogen-bond acceptors (Lipinski definition) is 3. The number of hydrogen-bond donors (Lipinski definition) is 0. The van der Waals surface area contributed by atoms with Crippen LogP contribution in [0.25, 0.3) is 0 Å². The topological polar surface area (TPSA) is 47.4 Å². The third-order valence-electron chi connectivity index (χ3n) is 5.05. The molecule has 1 fully saturated rings. The number of halogens is 5. The molecule has 0 spiro atoms. The summed E-state index contributed by atoms with van der Waals surface area (Å²) in [6.45, 7) is -0.355. The number of carbonyl (C=O) groups excluding carboxylic acids is 1. The highest BCUT2D eigenvalue weighted by atomic mass is 35.5. The van der Waals surface area contributed by atoms with Gasteiger partial charge in [0.05, 0.1) is 11.2 Å². The van der Waals surface area contributed by atoms with Gasteiger partial charge in [-0.3, -0.25) is 9.69 Å². The predicted molar refractivity (Wildman–Crippen MR) is 97.9 cm³/mol. The van der Waals surface area contributed by atoms with Crippen molar-refractivity contribution in [1.29, 1.82) is 0 Å². The summed E-state index contributed by atoms with van der Waals surface area (Å²) in [6, 6.07) is 3.76. The summed E-state index contributed by atoms with van der Waals surface area (Å²) in [5.74, 6) is 0.0317. The van der Waals surface area contributed by atoms with Crippen molar-refractivity contribution >= 4 is 34.9 Å². The lowest BCUT2D eigenvalue weighted by Gasteiger charge is -2.40. The van der Waals surface area contributed by atoms with Gasteiger partial charge in [-0.2, -0.15) is 18.3 Å². The Morgan fingerprint density at radius 1 is 1.25 bits per heavy atom. The van der Waals surface area contributed by atoms with Crippen LogP contribution in [0, 0.1) is 5.92 Å². The number of aromatic nitrogens is 2. The lowest BCUT2D eigenvalue weighted by atomic mass is 9.98. The third-order valence-corrected chi connectivity index (χ3v) is 5.58. The molecular weight excluding hydrogens is 418 g/mol. The van der Waals surface area contributed by atoms with E-state index in [4.69, 9.17) is 27.9 Å². The quantitative estimate of drug-likeness (QED) is 0.689. The van der Waals surface area contributed by atoms with Crippen molar-refractivity contribution in [2.24, 2.45) is 5.92 Å². The number of fused-ring (bicyclic) bond motifs is 1. The van der Waals surface area contributed by atoms with Crippen molar-refractivity contribution in [3.05, 3.63) is 40.5 Å². The van der Waals surface area contributed by atoms with E-state index in [-0.39, 0.29) is 35.5 Å². The van der Waals surface area contributed by atoms with E-state index < -0.39 is 24.2 Å². The number of nitrogens with zero attached hydrogens (tertiary/aromatic N) is 3. The number of alkyl halides is 3. The smallest absolute Gasteiger partial charge is 0.410 e. The Bertz CT molecular complexity index is 898. The van der Waals surface area contributed by atoms with Gasteiger partial charge < -0.3 is 4.74 Å². The molecule has 2 atom stereocenters. The number of amides is 1. The van der Waals surface area contributed by atoms with Gasteiger partial charge in [0.1, 0.15) is 11.6 Å². The first-order valence-corrected chi connectivity index (χ1v) is 9.51. The highest BCUT2D eigenvalue weighted by Crippen LogP contribution is 2.48. The summed E-state index contributed by atoms with van der Waals surface area (Å²) in [6.07, 6.45) is -1.76. The number of rotatable bonds is 4. The molecule has 0 radical (unpaired) electrons. The fraction of sp³-hybridized carbons (Fsp3) is 0.444. The molecule has 2 heterocycles. The van der Waals surface area contributed by atoms with Crippen LogP contribution >= 0.6 is 23.2 Å². The SMILES string of the molecule is O=C(COc1ccc(Cl)cc1Cl)N1c2ccnn2[C@@H](C(F)(F)F)C[C@H]1C1CC1. The summed E-state index contributed by atoms with van der Waals surface area (Å²) in [5, 5.41) is 4.50. The summed E-state index contributed by atoms with van der Waals surface area (Å²) in [5.41, 5.74) is 0. The molecule has 0 unspecified atom stereocenters. The maximum Gasteiger partial charge on any atom is 0.410 e. The second kappa shape index (κ2) is 7.15. The number of anilines is 1. The predicted octanol–water partition coefficient (Wildman–Crippen LogP) is 4.89. The van der Waals surface area contributed by atoms with E-state index in [2.05, 4.69) is 5.10 Å². The molecule has 0 saturated heterocycles. The van der Waals surface area contributed by atoms with Gasteiger partial charge >= 0.3 is 6.18 Å². The normalized spacial score (nSPS) is 22.1. The Hall–Kier alpha value is -1.93. The third kappa shape index (κ3) is 3.67. The van der Waals surface area contributed by atoms with Gasteiger partial charge in [0, 0.05) is 17.1 Å². The van der Waals surface area contributed by atoms with Crippen LogP contribution in [0.5, 0.6) is 5.75 Å². The Kier molecular flexibility index (Phi) is 4.95. The Balaban J connectivity index is 1.58. The minimum Gasteiger partial charge on any atom is -0.482 e. The monoisotopic (exact) mass is 433 g/mol. The Labute approximate surface area is 169 Å². The van der Waals surface area contributed by atoms with Crippen molar-refractivity contribution in [3.63, 3.8) is 0 Å². The summed E-state index contributed by atoms with van der Waals surface area (Å²) >= 11 is 11.9. The Morgan fingerprint density at radius 2 is 2.00 bits per heavy atom. The zero-order valence-electron chi connectivity index (χ0n) is 14.5. The van der Waals surface area contributed by atoms with Crippen molar-refractivity contribution in [3.8, 4) is 5.75 Å². The first-order chi connectivity index (χ1) is 13.3. The highest BCUT2D eigenvalue weighted by Gasteiger charge is 2.52. The van der Waals surface area contributed by atoms with Crippen molar-refractivity contribution < 1.29 is 22.7 Å². The molecule has 1 amide bonds. The zero-order valence-corrected chi connectivity index (χ0v) is 16.0. The number of ether oxygens (including phenoxy) is 1. The van der Waals surface area contributed by atoms with E-state index in [1.165, 1.54) is 29.3 Å². The summed E-state index contributed by atoms with van der Waals surface area (Å²) in [7, 11) is 0. The molecule has 10 heteroatoms. The fourth-order valence-electron chi connectivity index (χ4n) is 3.61. The van der Waals surface area contributed by atoms with E-state index in [0.29, 0.717) is 5.02 Å². The van der Waals surface area contributed by atoms with Crippen LogP contribution in [0.1, 0.15) is 25.3 Å². The molecule has 5 nitrogen and oxygen atoms in total. The molecule has 2 aliphatic rings. The molecule has 1 aliphatic heterocycles. The molecule has 0 N–H and O–H groups in total. The van der Waals surface area contributed by atoms with Crippen molar-refractivity contribution in [2.75, 3.05) is 11.5 Å². The molecule has 2 aromatic rings. The highest BCUT2D eigenvalue weighted by molar-refractivity contribution is 6.35. The fourth-order valence-corrected chi connectivity index (χ4v) is 4.08. The maximum atomic E-state index is 13.5. The lowest BCUT2D eigenvalue weighted by Crippen LogP contribution is -2.51. The van der Waals surface area contributed by atoms with E-state index in [1.807, 2.05) is 0 Å². The van der Waals surface area contributed by atoms with Crippen LogP contribution in [0.15, 0.2) is 30.5 Å². The summed E-state index contributed by atoms with van der Waals surface area (Å²) in [4.78, 5) is 14.3. The van der Waals surface area contributed by atoms with Gasteiger partial charge in [-0.05, 0) is 43.4 Å². The molecule has 1 aromatic carbocycles. The van der Waals surface area contributed by atoms with Crippen LogP contribution in [-0.2, 0) is 4.79 Å². The molecule has 28 heavy (non-hydrogen) atoms. The van der Waals surface area contributed by atoms with Crippen LogP contribution < -0.4 is 9.64 Å². The molecule has 0 bridgehead atoms. The maximum absolute atomic E-state index is 13.5. The van der Waals surface area contributed by atoms with E-state index >= 15 is 0 Å². The van der Waals surface area contributed by atoms with Crippen LogP contribution in [0.4, 0.5) is 19.0 Å². The molecular formula is C18H16Cl2F3N3O2. The number of benzene rings is 1. The lowest BCUT2D eigenvalue weighted by molar-refractivity contribution is -0.175. The molecule has 1 saturated carbocycles. The molecule has 4 rings (SSSR count). The first-order valence-electron chi connectivity index (χ1n) is 8.76. The Morgan fingerprint density at radius 3 is 2.64 bits per heavy atom. The van der Waals surface area contributed by atoms with Crippen LogP contribution in [-0.4, -0.2) is 34.5 Å². The summed E-state index contributed by atoms with van der Waals surface area (Å²) < 4.78 is 46.9.